The Bertz CT molecular complexity index is 763. The molecule has 1 heterocycles. The van der Waals surface area contributed by atoms with Crippen LogP contribution in [0.4, 0.5) is 0 Å². The Hall–Kier alpha value is -0.960. The maximum atomic E-state index is 12.2. The Morgan fingerprint density at radius 1 is 1.25 bits per heavy atom. The zero-order valence-electron chi connectivity index (χ0n) is 14.3. The van der Waals surface area contributed by atoms with Gasteiger partial charge >= 0.3 is 51.2 Å². The van der Waals surface area contributed by atoms with Crippen molar-refractivity contribution in [2.75, 3.05) is 7.36 Å². The van der Waals surface area contributed by atoms with Crippen molar-refractivity contribution in [3.63, 3.8) is 0 Å². The van der Waals surface area contributed by atoms with Crippen LogP contribution in [0.1, 0.15) is 27.2 Å². The molecular weight excluding hydrogens is 528 g/mol. The van der Waals surface area contributed by atoms with E-state index in [-0.39, 0.29) is 16.9 Å². The predicted molar refractivity (Wildman–Crippen MR) is 106 cm³/mol. The smallest absolute Gasteiger partial charge is 0.261 e. The number of rotatable bonds is 4. The van der Waals surface area contributed by atoms with Crippen molar-refractivity contribution in [2.24, 2.45) is 7.05 Å². The fourth-order valence-electron chi connectivity index (χ4n) is 2.10. The fourth-order valence-corrected chi connectivity index (χ4v) is 2.10. The van der Waals surface area contributed by atoms with Crippen LogP contribution in [0.25, 0.3) is 6.08 Å². The molecule has 0 spiro atoms. The summed E-state index contributed by atoms with van der Waals surface area (Å²) >= 11 is 3.00. The Morgan fingerprint density at radius 2 is 1.83 bits per heavy atom. The number of hydrogen-bond acceptors (Lipinski definition) is 2. The summed E-state index contributed by atoms with van der Waals surface area (Å²) in [5.74, 6) is -0.257. The molecule has 0 unspecified atom stereocenters. The van der Waals surface area contributed by atoms with Crippen LogP contribution in [0.3, 0.4) is 0 Å². The van der Waals surface area contributed by atoms with Crippen LogP contribution in [-0.2, 0) is 7.05 Å². The van der Waals surface area contributed by atoms with E-state index in [1.54, 1.807) is 20.0 Å². The van der Waals surface area contributed by atoms with E-state index in [0.717, 1.165) is 11.3 Å². The number of allylic oxidation sites excluding steroid dienone is 1. The van der Waals surface area contributed by atoms with Gasteiger partial charge in [0.2, 0.25) is 0 Å². The van der Waals surface area contributed by atoms with Crippen LogP contribution in [0.2, 0.25) is 0 Å². The summed E-state index contributed by atoms with van der Waals surface area (Å²) < 4.78 is 2.90. The first-order valence-electron chi connectivity index (χ1n) is 7.36. The van der Waals surface area contributed by atoms with Crippen molar-refractivity contribution in [3.05, 3.63) is 75.2 Å². The van der Waals surface area contributed by atoms with Crippen LogP contribution < -0.4 is 26.8 Å². The second kappa shape index (κ2) is 10.8. The molecule has 0 aliphatic rings. The Kier molecular flexibility index (Phi) is 9.50. The maximum absolute atomic E-state index is 12.2. The van der Waals surface area contributed by atoms with Crippen molar-refractivity contribution in [3.8, 4) is 0 Å². The van der Waals surface area contributed by atoms with Crippen LogP contribution in [0.15, 0.2) is 47.3 Å². The zero-order valence-corrected chi connectivity index (χ0v) is 18.7. The molecule has 0 bridgehead atoms. The molecule has 0 saturated heterocycles. The number of carbonyl (C=O) groups is 1. The third-order valence-corrected chi connectivity index (χ3v) is 7.89. The van der Waals surface area contributed by atoms with E-state index in [4.69, 9.17) is 0 Å². The second-order valence-electron chi connectivity index (χ2n) is 5.18. The minimum atomic E-state index is -0.257. The first kappa shape index (κ1) is 21.1. The summed E-state index contributed by atoms with van der Waals surface area (Å²) in [6.07, 6.45) is 3.18. The Morgan fingerprint density at radius 3 is 2.38 bits per heavy atom. The van der Waals surface area contributed by atoms with Gasteiger partial charge in [-0.3, -0.25) is 9.59 Å². The summed E-state index contributed by atoms with van der Waals surface area (Å²) in [4.78, 5) is 26.7. The van der Waals surface area contributed by atoms with E-state index < -0.39 is 0 Å². The molecule has 3 nitrogen and oxygen atoms in total. The van der Waals surface area contributed by atoms with Crippen molar-refractivity contribution in [1.82, 2.24) is 4.57 Å². The molecule has 2 aromatic rings. The van der Waals surface area contributed by atoms with Gasteiger partial charge in [0.15, 0.2) is 5.78 Å². The largest absolute Gasteiger partial charge is 0.315 e. The zero-order chi connectivity index (χ0) is 18.1. The Balaban J connectivity index is 0.000000648. The topological polar surface area (TPSA) is 39.1 Å². The summed E-state index contributed by atoms with van der Waals surface area (Å²) in [7, 11) is 1.68. The molecule has 5 heteroatoms. The van der Waals surface area contributed by atoms with Gasteiger partial charge in [-0.05, 0) is 37.1 Å². The number of nitrogens with zero attached hydrogens (tertiary/aromatic N) is 1. The van der Waals surface area contributed by atoms with Crippen LogP contribution >= 0.6 is 22.6 Å². The van der Waals surface area contributed by atoms with E-state index in [9.17, 15) is 9.59 Å². The third-order valence-electron chi connectivity index (χ3n) is 3.44. The quantitative estimate of drug-likeness (QED) is 0.247. The second-order valence-corrected chi connectivity index (χ2v) is 11.2. The van der Waals surface area contributed by atoms with Gasteiger partial charge in [-0.15, -0.1) is 0 Å². The maximum Gasteiger partial charge on any atom is 0.261 e. The SMILES string of the molecule is C[I-]CI.Cc1cc(C)n(C)c(=O)c1C(=O)/C=C/c1ccccc1. The molecule has 130 valence electrons. The van der Waals surface area contributed by atoms with Crippen molar-refractivity contribution in [1.29, 1.82) is 0 Å². The molecule has 0 aliphatic carbocycles. The van der Waals surface area contributed by atoms with Gasteiger partial charge < -0.3 is 4.57 Å². The predicted octanol–water partition coefficient (Wildman–Crippen LogP) is 0.996. The average Bonchev–Trinajstić information content (AvgIpc) is 2.59. The molecule has 0 N–H and O–H groups in total. The van der Waals surface area contributed by atoms with Gasteiger partial charge in [0, 0.05) is 12.7 Å². The number of hydrogen-bond donors (Lipinski definition) is 0. The van der Waals surface area contributed by atoms with Gasteiger partial charge in [-0.1, -0.05) is 36.4 Å². The number of halogens is 2. The number of ketones is 1. The van der Waals surface area contributed by atoms with E-state index in [2.05, 4.69) is 27.5 Å². The number of aromatic nitrogens is 1. The number of benzene rings is 1. The van der Waals surface area contributed by atoms with Crippen LogP contribution in [-0.4, -0.2) is 17.7 Å². The number of alkyl halides is 3. The molecule has 0 aliphatic heterocycles. The number of pyridine rings is 1. The summed E-state index contributed by atoms with van der Waals surface area (Å²) in [6.45, 7) is 3.64. The van der Waals surface area contributed by atoms with Crippen molar-refractivity contribution >= 4 is 34.5 Å². The van der Waals surface area contributed by atoms with E-state index in [1.807, 2.05) is 43.3 Å². The van der Waals surface area contributed by atoms with Gasteiger partial charge in [0.25, 0.3) is 5.56 Å². The first-order chi connectivity index (χ1) is 11.4. The molecule has 0 fully saturated rings. The third kappa shape index (κ3) is 6.16. The fraction of sp³-hybridized carbons (Fsp3) is 0.263. The number of carbonyl (C=O) groups excluding carboxylic acids is 1. The average molecular weight is 550 g/mol. The molecule has 0 atom stereocenters. The molecule has 0 saturated carbocycles. The van der Waals surface area contributed by atoms with Gasteiger partial charge in [-0.25, -0.2) is 0 Å². The van der Waals surface area contributed by atoms with Gasteiger partial charge in [0.05, 0.1) is 5.56 Å². The summed E-state index contributed by atoms with van der Waals surface area (Å²) in [6, 6.07) is 11.4. The normalized spacial score (nSPS) is 10.5. The van der Waals surface area contributed by atoms with Crippen LogP contribution in [0.5, 0.6) is 0 Å². The minimum Gasteiger partial charge on any atom is -0.315 e. The Labute approximate surface area is 167 Å². The summed E-state index contributed by atoms with van der Waals surface area (Å²) in [5, 5.41) is 0. The number of aryl methyl sites for hydroxylation is 2. The van der Waals surface area contributed by atoms with E-state index in [1.165, 1.54) is 13.1 Å². The summed E-state index contributed by atoms with van der Waals surface area (Å²) in [5.41, 5.74) is 2.49. The molecular formula is C19H22I2NO2-. The van der Waals surface area contributed by atoms with E-state index in [0.29, 0.717) is 26.8 Å². The van der Waals surface area contributed by atoms with Crippen molar-refractivity contribution in [2.45, 2.75) is 13.8 Å². The monoisotopic (exact) mass is 550 g/mol. The molecule has 0 amide bonds. The molecule has 2 rings (SSSR count). The van der Waals surface area contributed by atoms with Gasteiger partial charge in [-0.2, -0.15) is 0 Å². The van der Waals surface area contributed by atoms with Crippen LogP contribution in [0, 0.1) is 13.8 Å². The van der Waals surface area contributed by atoms with Gasteiger partial charge in [0.1, 0.15) is 0 Å². The van der Waals surface area contributed by atoms with E-state index >= 15 is 0 Å². The molecule has 24 heavy (non-hydrogen) atoms. The minimum absolute atomic E-state index is 0.241. The molecule has 1 aromatic carbocycles. The van der Waals surface area contributed by atoms with Crippen molar-refractivity contribution < 1.29 is 26.0 Å². The molecule has 0 radical (unpaired) electrons. The molecule has 1 aromatic heterocycles. The standard InChI is InChI=1S/C17H17NO2.C2H5I2/c1-12-11-13(2)18(3)17(20)16(12)15(19)10-9-14-7-5-4-6-8-14;1-4-2-3/h4-11H,1-3H3;2H2,1H3/q;-1/b10-9+;. The first-order valence-corrected chi connectivity index (χ1v) is 12.6.